The first kappa shape index (κ1) is 14.5. The molecule has 0 radical (unpaired) electrons. The van der Waals surface area contributed by atoms with Crippen LogP contribution in [0.4, 0.5) is 0 Å². The number of hydrogen-bond donors (Lipinski definition) is 1. The lowest BCUT2D eigenvalue weighted by Gasteiger charge is -2.34. The summed E-state index contributed by atoms with van der Waals surface area (Å²) in [5, 5.41) is 1.65. The molecule has 0 spiro atoms. The van der Waals surface area contributed by atoms with Gasteiger partial charge >= 0.3 is 0 Å². The van der Waals surface area contributed by atoms with Crippen LogP contribution < -0.4 is 5.73 Å². The molecular formula is C15H18N2O3S. The Morgan fingerprint density at radius 2 is 1.95 bits per heavy atom. The van der Waals surface area contributed by atoms with Crippen LogP contribution in [-0.2, 0) is 14.8 Å². The average Bonchev–Trinajstić information content (AvgIpc) is 2.54. The third-order valence-electron chi connectivity index (χ3n) is 3.78. The van der Waals surface area contributed by atoms with Crippen molar-refractivity contribution in [3.05, 3.63) is 42.5 Å². The van der Waals surface area contributed by atoms with Crippen LogP contribution in [0.25, 0.3) is 10.8 Å². The van der Waals surface area contributed by atoms with Crippen molar-refractivity contribution in [1.29, 1.82) is 0 Å². The summed E-state index contributed by atoms with van der Waals surface area (Å²) in [6.45, 7) is 1.35. The SMILES string of the molecule is NCC1COCCN1S(=O)(=O)c1cccc2ccccc12. The van der Waals surface area contributed by atoms with Crippen molar-refractivity contribution in [2.45, 2.75) is 10.9 Å². The third-order valence-corrected chi connectivity index (χ3v) is 5.79. The first-order chi connectivity index (χ1) is 10.1. The van der Waals surface area contributed by atoms with E-state index in [9.17, 15) is 8.42 Å². The van der Waals surface area contributed by atoms with E-state index >= 15 is 0 Å². The molecule has 0 saturated carbocycles. The molecular weight excluding hydrogens is 288 g/mol. The van der Waals surface area contributed by atoms with Gasteiger partial charge in [0, 0.05) is 18.5 Å². The van der Waals surface area contributed by atoms with Crippen molar-refractivity contribution >= 4 is 20.8 Å². The van der Waals surface area contributed by atoms with E-state index in [0.717, 1.165) is 10.8 Å². The van der Waals surface area contributed by atoms with Crippen molar-refractivity contribution in [1.82, 2.24) is 4.31 Å². The zero-order chi connectivity index (χ0) is 14.9. The molecule has 1 aliphatic heterocycles. The van der Waals surface area contributed by atoms with Gasteiger partial charge in [-0.15, -0.1) is 0 Å². The zero-order valence-electron chi connectivity index (χ0n) is 11.6. The summed E-state index contributed by atoms with van der Waals surface area (Å²) >= 11 is 0. The Balaban J connectivity index is 2.12. The maximum absolute atomic E-state index is 13.0. The highest BCUT2D eigenvalue weighted by Crippen LogP contribution is 2.27. The number of morpholine rings is 1. The molecule has 5 nitrogen and oxygen atoms in total. The van der Waals surface area contributed by atoms with Gasteiger partial charge in [-0.2, -0.15) is 4.31 Å². The fourth-order valence-corrected chi connectivity index (χ4v) is 4.51. The smallest absolute Gasteiger partial charge is 0.244 e. The van der Waals surface area contributed by atoms with E-state index in [4.69, 9.17) is 10.5 Å². The van der Waals surface area contributed by atoms with Crippen LogP contribution in [-0.4, -0.2) is 45.1 Å². The van der Waals surface area contributed by atoms with E-state index in [1.165, 1.54) is 4.31 Å². The van der Waals surface area contributed by atoms with Gasteiger partial charge < -0.3 is 10.5 Å². The number of nitrogens with zero attached hydrogens (tertiary/aromatic N) is 1. The summed E-state index contributed by atoms with van der Waals surface area (Å²) in [6.07, 6.45) is 0. The summed E-state index contributed by atoms with van der Waals surface area (Å²) in [5.41, 5.74) is 5.69. The molecule has 21 heavy (non-hydrogen) atoms. The summed E-state index contributed by atoms with van der Waals surface area (Å²) in [4.78, 5) is 0.334. The van der Waals surface area contributed by atoms with Gasteiger partial charge in [0.25, 0.3) is 0 Å². The van der Waals surface area contributed by atoms with Crippen molar-refractivity contribution < 1.29 is 13.2 Å². The molecule has 3 rings (SSSR count). The van der Waals surface area contributed by atoms with Gasteiger partial charge in [-0.3, -0.25) is 0 Å². The standard InChI is InChI=1S/C15H18N2O3S/c16-10-13-11-20-9-8-17(13)21(18,19)15-7-3-5-12-4-1-2-6-14(12)15/h1-7,13H,8-11,16H2. The first-order valence-electron chi connectivity index (χ1n) is 6.92. The lowest BCUT2D eigenvalue weighted by molar-refractivity contribution is 0.0358. The minimum atomic E-state index is -3.58. The molecule has 1 fully saturated rings. The first-order valence-corrected chi connectivity index (χ1v) is 8.36. The van der Waals surface area contributed by atoms with Crippen LogP contribution in [0.3, 0.4) is 0 Å². The predicted molar refractivity (Wildman–Crippen MR) is 81.5 cm³/mol. The topological polar surface area (TPSA) is 72.6 Å². The zero-order valence-corrected chi connectivity index (χ0v) is 12.4. The molecule has 1 heterocycles. The Labute approximate surface area is 124 Å². The van der Waals surface area contributed by atoms with E-state index in [2.05, 4.69) is 0 Å². The van der Waals surface area contributed by atoms with Gasteiger partial charge in [0.2, 0.25) is 10.0 Å². The fourth-order valence-electron chi connectivity index (χ4n) is 2.69. The molecule has 1 saturated heterocycles. The predicted octanol–water partition coefficient (Wildman–Crippen LogP) is 1.19. The lowest BCUT2D eigenvalue weighted by atomic mass is 10.1. The van der Waals surface area contributed by atoms with Gasteiger partial charge in [0.1, 0.15) is 0 Å². The Bertz CT molecular complexity index is 740. The molecule has 1 atom stereocenters. The molecule has 1 aliphatic rings. The minimum Gasteiger partial charge on any atom is -0.378 e. The lowest BCUT2D eigenvalue weighted by Crippen LogP contribution is -2.51. The van der Waals surface area contributed by atoms with Gasteiger partial charge in [-0.1, -0.05) is 36.4 Å². The van der Waals surface area contributed by atoms with E-state index in [0.29, 0.717) is 24.7 Å². The Morgan fingerprint density at radius 3 is 2.76 bits per heavy atom. The van der Waals surface area contributed by atoms with E-state index in [1.54, 1.807) is 12.1 Å². The summed E-state index contributed by atoms with van der Waals surface area (Å²) in [5.74, 6) is 0. The van der Waals surface area contributed by atoms with E-state index in [-0.39, 0.29) is 12.6 Å². The second-order valence-corrected chi connectivity index (χ2v) is 6.92. The second kappa shape index (κ2) is 5.73. The summed E-state index contributed by atoms with van der Waals surface area (Å²) in [6, 6.07) is 12.5. The quantitative estimate of drug-likeness (QED) is 0.924. The van der Waals surface area contributed by atoms with Crippen molar-refractivity contribution in [2.75, 3.05) is 26.3 Å². The van der Waals surface area contributed by atoms with Crippen molar-refractivity contribution in [3.63, 3.8) is 0 Å². The molecule has 6 heteroatoms. The number of fused-ring (bicyclic) bond motifs is 1. The number of ether oxygens (including phenoxy) is 1. The maximum Gasteiger partial charge on any atom is 0.244 e. The van der Waals surface area contributed by atoms with Crippen molar-refractivity contribution in [2.24, 2.45) is 5.73 Å². The maximum atomic E-state index is 13.0. The normalized spacial score (nSPS) is 20.7. The highest BCUT2D eigenvalue weighted by Gasteiger charge is 2.34. The summed E-state index contributed by atoms with van der Waals surface area (Å²) < 4.78 is 32.8. The van der Waals surface area contributed by atoms with Gasteiger partial charge in [-0.05, 0) is 11.5 Å². The average molecular weight is 306 g/mol. The molecule has 2 aromatic carbocycles. The second-order valence-electron chi connectivity index (χ2n) is 5.06. The van der Waals surface area contributed by atoms with Crippen LogP contribution in [0.15, 0.2) is 47.4 Å². The van der Waals surface area contributed by atoms with Crippen LogP contribution >= 0.6 is 0 Å². The molecule has 0 bridgehead atoms. The van der Waals surface area contributed by atoms with Crippen LogP contribution in [0, 0.1) is 0 Å². The largest absolute Gasteiger partial charge is 0.378 e. The Kier molecular flexibility index (Phi) is 3.95. The number of rotatable bonds is 3. The Morgan fingerprint density at radius 1 is 1.19 bits per heavy atom. The molecule has 0 aromatic heterocycles. The molecule has 112 valence electrons. The number of benzene rings is 2. The van der Waals surface area contributed by atoms with Crippen LogP contribution in [0.1, 0.15) is 0 Å². The van der Waals surface area contributed by atoms with Crippen molar-refractivity contribution in [3.8, 4) is 0 Å². The monoisotopic (exact) mass is 306 g/mol. The number of nitrogens with two attached hydrogens (primary N) is 1. The molecule has 1 unspecified atom stereocenters. The fraction of sp³-hybridized carbons (Fsp3) is 0.333. The highest BCUT2D eigenvalue weighted by atomic mass is 32.2. The number of sulfonamides is 1. The Hall–Kier alpha value is -1.47. The molecule has 0 aliphatic carbocycles. The van der Waals surface area contributed by atoms with Gasteiger partial charge in [0.05, 0.1) is 24.2 Å². The van der Waals surface area contributed by atoms with Gasteiger partial charge in [0.15, 0.2) is 0 Å². The number of hydrogen-bond acceptors (Lipinski definition) is 4. The van der Waals surface area contributed by atoms with Crippen LogP contribution in [0.2, 0.25) is 0 Å². The molecule has 2 aromatic rings. The van der Waals surface area contributed by atoms with E-state index in [1.807, 2.05) is 30.3 Å². The van der Waals surface area contributed by atoms with Crippen LogP contribution in [0.5, 0.6) is 0 Å². The van der Waals surface area contributed by atoms with Gasteiger partial charge in [-0.25, -0.2) is 8.42 Å². The summed E-state index contributed by atoms with van der Waals surface area (Å²) in [7, 11) is -3.58. The highest BCUT2D eigenvalue weighted by molar-refractivity contribution is 7.89. The molecule has 0 amide bonds. The van der Waals surface area contributed by atoms with E-state index < -0.39 is 10.0 Å². The molecule has 2 N–H and O–H groups in total. The third kappa shape index (κ3) is 2.55. The minimum absolute atomic E-state index is 0.254.